The van der Waals surface area contributed by atoms with E-state index >= 15 is 0 Å². The van der Waals surface area contributed by atoms with Crippen LogP contribution < -0.4 is 5.73 Å². The summed E-state index contributed by atoms with van der Waals surface area (Å²) in [6.45, 7) is -0.505. The molecule has 0 aliphatic heterocycles. The third kappa shape index (κ3) is 8.79. The number of aliphatic carboxylic acids is 4. The Bertz CT molecular complexity index is 368. The molecule has 0 radical (unpaired) electrons. The molecule has 0 amide bonds. The molecule has 0 heterocycles. The number of hydrogen-bond acceptors (Lipinski definition) is 7. The van der Waals surface area contributed by atoms with Crippen molar-refractivity contribution in [3.8, 4) is 0 Å². The SMILES string of the molecule is N[C@@H](CO)C(=O)O.O=C(O)CC(C(=O)O)C(O)C(=O)O. The zero-order chi connectivity index (χ0) is 16.5. The molecule has 0 aliphatic carbocycles. The van der Waals surface area contributed by atoms with Crippen LogP contribution in [-0.2, 0) is 19.2 Å². The van der Waals surface area contributed by atoms with Crippen LogP contribution in [0, 0.1) is 5.92 Å². The predicted octanol–water partition coefficient (Wildman–Crippen LogP) is -3.00. The lowest BCUT2D eigenvalue weighted by molar-refractivity contribution is -0.162. The summed E-state index contributed by atoms with van der Waals surface area (Å²) in [5.74, 6) is -7.89. The van der Waals surface area contributed by atoms with Crippen molar-refractivity contribution in [2.24, 2.45) is 11.7 Å². The number of carbonyl (C=O) groups is 4. The standard InChI is InChI=1S/C6H8O7.C3H7NO3/c7-3(8)1-2(5(10)11)4(9)6(12)13;4-2(1-5)3(6)7/h2,4,9H,1H2,(H,7,8)(H,10,11)(H,12,13);2,5H,1,4H2,(H,6,7)/t;2-/m.0/s1. The first-order valence-corrected chi connectivity index (χ1v) is 4.99. The summed E-state index contributed by atoms with van der Waals surface area (Å²) in [4.78, 5) is 40.1. The summed E-state index contributed by atoms with van der Waals surface area (Å²) in [5.41, 5.74) is 4.77. The molecule has 20 heavy (non-hydrogen) atoms. The number of aliphatic hydroxyl groups is 2. The maximum Gasteiger partial charge on any atom is 0.333 e. The highest BCUT2D eigenvalue weighted by Gasteiger charge is 2.33. The second-order valence-corrected chi connectivity index (χ2v) is 3.45. The van der Waals surface area contributed by atoms with Gasteiger partial charge in [-0.05, 0) is 0 Å². The van der Waals surface area contributed by atoms with Gasteiger partial charge in [-0.25, -0.2) is 4.79 Å². The minimum Gasteiger partial charge on any atom is -0.481 e. The first kappa shape index (κ1) is 20.1. The van der Waals surface area contributed by atoms with E-state index in [9.17, 15) is 19.2 Å². The fourth-order valence-electron chi connectivity index (χ4n) is 0.772. The summed E-state index contributed by atoms with van der Waals surface area (Å²) in [6, 6.07) is -1.13. The van der Waals surface area contributed by atoms with E-state index < -0.39 is 55.0 Å². The van der Waals surface area contributed by atoms with E-state index in [2.05, 4.69) is 0 Å². The van der Waals surface area contributed by atoms with Gasteiger partial charge in [0.2, 0.25) is 0 Å². The van der Waals surface area contributed by atoms with Crippen molar-refractivity contribution < 1.29 is 49.8 Å². The number of hydrogen-bond donors (Lipinski definition) is 7. The first-order chi connectivity index (χ1) is 9.04. The van der Waals surface area contributed by atoms with Crippen LogP contribution in [0.25, 0.3) is 0 Å². The van der Waals surface area contributed by atoms with Crippen molar-refractivity contribution in [1.82, 2.24) is 0 Å². The van der Waals surface area contributed by atoms with E-state index in [0.29, 0.717) is 0 Å². The molecule has 0 spiro atoms. The molecule has 0 aromatic rings. The van der Waals surface area contributed by atoms with Gasteiger partial charge in [0.15, 0.2) is 6.10 Å². The van der Waals surface area contributed by atoms with Gasteiger partial charge in [0.1, 0.15) is 12.0 Å². The normalized spacial score (nSPS) is 14.2. The Labute approximate surface area is 111 Å². The molecule has 2 unspecified atom stereocenters. The van der Waals surface area contributed by atoms with Gasteiger partial charge in [-0.15, -0.1) is 0 Å². The van der Waals surface area contributed by atoms with Crippen LogP contribution >= 0.6 is 0 Å². The Morgan fingerprint density at radius 2 is 1.35 bits per heavy atom. The largest absolute Gasteiger partial charge is 0.481 e. The minimum atomic E-state index is -2.20. The monoisotopic (exact) mass is 297 g/mol. The van der Waals surface area contributed by atoms with Crippen molar-refractivity contribution in [3.63, 3.8) is 0 Å². The summed E-state index contributed by atoms with van der Waals surface area (Å²) >= 11 is 0. The molecule has 0 saturated carbocycles. The van der Waals surface area contributed by atoms with Crippen LogP contribution in [0.15, 0.2) is 0 Å². The molecule has 11 nitrogen and oxygen atoms in total. The number of aliphatic hydroxyl groups excluding tert-OH is 2. The molecule has 116 valence electrons. The maximum atomic E-state index is 10.3. The Hall–Kier alpha value is -2.24. The quantitative estimate of drug-likeness (QED) is 0.251. The van der Waals surface area contributed by atoms with Crippen molar-refractivity contribution in [1.29, 1.82) is 0 Å². The van der Waals surface area contributed by atoms with Crippen molar-refractivity contribution >= 4 is 23.9 Å². The molecular weight excluding hydrogens is 282 g/mol. The number of carboxylic acid groups (broad SMARTS) is 4. The smallest absolute Gasteiger partial charge is 0.333 e. The van der Waals surface area contributed by atoms with E-state index in [0.717, 1.165) is 0 Å². The second kappa shape index (κ2) is 9.66. The van der Waals surface area contributed by atoms with Gasteiger partial charge in [0.25, 0.3) is 0 Å². The van der Waals surface area contributed by atoms with Crippen molar-refractivity contribution in [2.75, 3.05) is 6.61 Å². The Morgan fingerprint density at radius 1 is 0.900 bits per heavy atom. The van der Waals surface area contributed by atoms with E-state index in [1.54, 1.807) is 0 Å². The van der Waals surface area contributed by atoms with Crippen LogP contribution in [0.1, 0.15) is 6.42 Å². The maximum absolute atomic E-state index is 10.3. The number of carboxylic acids is 4. The van der Waals surface area contributed by atoms with Gasteiger partial charge in [-0.1, -0.05) is 0 Å². The highest BCUT2D eigenvalue weighted by molar-refractivity contribution is 5.85. The van der Waals surface area contributed by atoms with Gasteiger partial charge in [0, 0.05) is 0 Å². The third-order valence-corrected chi connectivity index (χ3v) is 1.86. The van der Waals surface area contributed by atoms with E-state index in [1.807, 2.05) is 0 Å². The zero-order valence-electron chi connectivity index (χ0n) is 10.0. The lowest BCUT2D eigenvalue weighted by atomic mass is 9.99. The fourth-order valence-corrected chi connectivity index (χ4v) is 0.772. The zero-order valence-corrected chi connectivity index (χ0v) is 10.0. The lowest BCUT2D eigenvalue weighted by Gasteiger charge is -2.12. The van der Waals surface area contributed by atoms with Gasteiger partial charge in [0.05, 0.1) is 13.0 Å². The van der Waals surface area contributed by atoms with Crippen LogP contribution in [0.2, 0.25) is 0 Å². The van der Waals surface area contributed by atoms with Crippen LogP contribution in [0.3, 0.4) is 0 Å². The average molecular weight is 297 g/mol. The molecule has 0 aromatic heterocycles. The lowest BCUT2D eigenvalue weighted by Crippen LogP contribution is -2.36. The van der Waals surface area contributed by atoms with Crippen LogP contribution in [0.5, 0.6) is 0 Å². The highest BCUT2D eigenvalue weighted by atomic mass is 16.4. The van der Waals surface area contributed by atoms with Gasteiger partial charge in [-0.3, -0.25) is 14.4 Å². The molecule has 8 N–H and O–H groups in total. The van der Waals surface area contributed by atoms with Crippen LogP contribution in [0.4, 0.5) is 0 Å². The summed E-state index contributed by atoms with van der Waals surface area (Å²) < 4.78 is 0. The molecule has 0 fully saturated rings. The average Bonchev–Trinajstić information content (AvgIpc) is 2.33. The second-order valence-electron chi connectivity index (χ2n) is 3.45. The van der Waals surface area contributed by atoms with Gasteiger partial charge < -0.3 is 36.4 Å². The number of nitrogens with two attached hydrogens (primary N) is 1. The highest BCUT2D eigenvalue weighted by Crippen LogP contribution is 2.09. The molecule has 11 heteroatoms. The van der Waals surface area contributed by atoms with Crippen molar-refractivity contribution in [2.45, 2.75) is 18.6 Å². The fraction of sp³-hybridized carbons (Fsp3) is 0.556. The molecular formula is C9H15NO10. The van der Waals surface area contributed by atoms with E-state index in [4.69, 9.17) is 36.4 Å². The van der Waals surface area contributed by atoms with E-state index in [1.165, 1.54) is 0 Å². The molecule has 0 bridgehead atoms. The summed E-state index contributed by atoms with van der Waals surface area (Å²) in [6.07, 6.45) is -3.13. The van der Waals surface area contributed by atoms with E-state index in [-0.39, 0.29) is 0 Å². The Kier molecular flexibility index (Phi) is 9.70. The molecule has 0 aliphatic rings. The predicted molar refractivity (Wildman–Crippen MR) is 59.7 cm³/mol. The number of rotatable bonds is 7. The first-order valence-electron chi connectivity index (χ1n) is 4.99. The summed E-state index contributed by atoms with van der Waals surface area (Å²) in [5, 5.41) is 49.4. The molecule has 0 saturated heterocycles. The topological polar surface area (TPSA) is 216 Å². The van der Waals surface area contributed by atoms with Crippen molar-refractivity contribution in [3.05, 3.63) is 0 Å². The molecule has 0 rings (SSSR count). The Morgan fingerprint density at radius 3 is 1.50 bits per heavy atom. The van der Waals surface area contributed by atoms with Gasteiger partial charge in [-0.2, -0.15) is 0 Å². The molecule has 3 atom stereocenters. The Balaban J connectivity index is 0. The molecule has 0 aromatic carbocycles. The third-order valence-electron chi connectivity index (χ3n) is 1.86. The van der Waals surface area contributed by atoms with Crippen LogP contribution in [-0.4, -0.2) is 73.3 Å². The minimum absolute atomic E-state index is 0.505. The van der Waals surface area contributed by atoms with Gasteiger partial charge >= 0.3 is 23.9 Å². The summed E-state index contributed by atoms with van der Waals surface area (Å²) in [7, 11) is 0.